The third-order valence-electron chi connectivity index (χ3n) is 3.60. The van der Waals surface area contributed by atoms with Gasteiger partial charge in [0.2, 0.25) is 5.88 Å². The number of nitrogens with zero attached hydrogens (tertiary/aromatic N) is 3. The minimum Gasteiger partial charge on any atom is -0.439 e. The van der Waals surface area contributed by atoms with Gasteiger partial charge in [0.25, 0.3) is 0 Å². The number of hydrogen-bond donors (Lipinski definition) is 0. The van der Waals surface area contributed by atoms with Gasteiger partial charge in [-0.3, -0.25) is 0 Å². The molecule has 0 radical (unpaired) electrons. The van der Waals surface area contributed by atoms with Crippen LogP contribution >= 0.6 is 0 Å². The van der Waals surface area contributed by atoms with Gasteiger partial charge in [-0.15, -0.1) is 0 Å². The van der Waals surface area contributed by atoms with Gasteiger partial charge in [-0.1, -0.05) is 24.3 Å². The number of imidazole rings is 1. The highest BCUT2D eigenvalue weighted by atomic mass is 16.5. The number of methoxy groups -OCH3 is 1. The molecule has 0 saturated carbocycles. The van der Waals surface area contributed by atoms with Crippen LogP contribution in [0.3, 0.4) is 0 Å². The lowest BCUT2D eigenvalue weighted by molar-refractivity contribution is 0.128. The van der Waals surface area contributed by atoms with Crippen LogP contribution in [0.5, 0.6) is 11.6 Å². The topological polar surface area (TPSA) is 49.2 Å². The molecule has 0 N–H and O–H groups in total. The molecule has 0 spiro atoms. The molecule has 5 nitrogen and oxygen atoms in total. The molecule has 5 heteroatoms. The standard InChI is InChI=1S/C18H19N3O2/c1-13-18(19-14(2)21(13)12-22-3)16-10-7-11-17(20-16)23-15-8-5-4-6-9-15/h4-11H,12H2,1-3H3. The lowest BCUT2D eigenvalue weighted by Gasteiger charge is -2.07. The maximum atomic E-state index is 5.79. The highest BCUT2D eigenvalue weighted by Gasteiger charge is 2.14. The third kappa shape index (κ3) is 3.24. The number of aryl methyl sites for hydroxylation is 1. The largest absolute Gasteiger partial charge is 0.439 e. The van der Waals surface area contributed by atoms with E-state index in [2.05, 4.69) is 9.97 Å². The number of para-hydroxylation sites is 1. The van der Waals surface area contributed by atoms with Crippen molar-refractivity contribution in [2.75, 3.05) is 7.11 Å². The summed E-state index contributed by atoms with van der Waals surface area (Å²) in [4.78, 5) is 9.19. The predicted octanol–water partition coefficient (Wildman–Crippen LogP) is 3.96. The van der Waals surface area contributed by atoms with Gasteiger partial charge in [-0.25, -0.2) is 9.97 Å². The van der Waals surface area contributed by atoms with Crippen molar-refractivity contribution >= 4 is 0 Å². The van der Waals surface area contributed by atoms with E-state index in [-0.39, 0.29) is 0 Å². The first-order chi connectivity index (χ1) is 11.2. The molecule has 0 saturated heterocycles. The van der Waals surface area contributed by atoms with Gasteiger partial charge in [0.05, 0.1) is 5.69 Å². The Morgan fingerprint density at radius 1 is 0.957 bits per heavy atom. The van der Waals surface area contributed by atoms with Crippen molar-refractivity contribution in [1.82, 2.24) is 14.5 Å². The van der Waals surface area contributed by atoms with Crippen molar-refractivity contribution in [2.45, 2.75) is 20.6 Å². The maximum Gasteiger partial charge on any atom is 0.219 e. The Morgan fingerprint density at radius 3 is 2.48 bits per heavy atom. The second kappa shape index (κ2) is 6.62. The first-order valence-electron chi connectivity index (χ1n) is 7.42. The molecule has 0 atom stereocenters. The molecule has 2 heterocycles. The predicted molar refractivity (Wildman–Crippen MR) is 88.5 cm³/mol. The summed E-state index contributed by atoms with van der Waals surface area (Å²) in [6.45, 7) is 4.45. The summed E-state index contributed by atoms with van der Waals surface area (Å²) in [5.74, 6) is 2.21. The smallest absolute Gasteiger partial charge is 0.219 e. The van der Waals surface area contributed by atoms with Crippen LogP contribution in [-0.2, 0) is 11.5 Å². The van der Waals surface area contributed by atoms with Crippen LogP contribution in [0.15, 0.2) is 48.5 Å². The lowest BCUT2D eigenvalue weighted by Crippen LogP contribution is -2.04. The molecular formula is C18H19N3O2. The Hall–Kier alpha value is -2.66. The first kappa shape index (κ1) is 15.2. The van der Waals surface area contributed by atoms with Gasteiger partial charge in [0.1, 0.15) is 24.0 Å². The van der Waals surface area contributed by atoms with Crippen LogP contribution in [0.2, 0.25) is 0 Å². The Labute approximate surface area is 135 Å². The summed E-state index contributed by atoms with van der Waals surface area (Å²) < 4.78 is 13.0. The van der Waals surface area contributed by atoms with E-state index in [1.165, 1.54) is 0 Å². The summed E-state index contributed by atoms with van der Waals surface area (Å²) in [5, 5.41) is 0. The van der Waals surface area contributed by atoms with Crippen molar-refractivity contribution < 1.29 is 9.47 Å². The fraction of sp³-hybridized carbons (Fsp3) is 0.222. The third-order valence-corrected chi connectivity index (χ3v) is 3.60. The van der Waals surface area contributed by atoms with E-state index in [4.69, 9.17) is 9.47 Å². The molecule has 118 valence electrons. The van der Waals surface area contributed by atoms with E-state index in [9.17, 15) is 0 Å². The van der Waals surface area contributed by atoms with Crippen molar-refractivity contribution in [3.8, 4) is 23.0 Å². The Bertz CT molecular complexity index is 797. The van der Waals surface area contributed by atoms with E-state index in [1.54, 1.807) is 7.11 Å². The highest BCUT2D eigenvalue weighted by molar-refractivity contribution is 5.58. The van der Waals surface area contributed by atoms with Crippen molar-refractivity contribution in [3.05, 3.63) is 60.0 Å². The highest BCUT2D eigenvalue weighted by Crippen LogP contribution is 2.25. The summed E-state index contributed by atoms with van der Waals surface area (Å²) in [6, 6.07) is 15.3. The average molecular weight is 309 g/mol. The summed E-state index contributed by atoms with van der Waals surface area (Å²) in [5.41, 5.74) is 2.65. The van der Waals surface area contributed by atoms with Crippen LogP contribution in [0, 0.1) is 13.8 Å². The van der Waals surface area contributed by atoms with Gasteiger partial charge >= 0.3 is 0 Å². The van der Waals surface area contributed by atoms with Crippen LogP contribution in [0.25, 0.3) is 11.4 Å². The monoisotopic (exact) mass is 309 g/mol. The normalized spacial score (nSPS) is 10.7. The zero-order valence-electron chi connectivity index (χ0n) is 13.5. The molecule has 23 heavy (non-hydrogen) atoms. The van der Waals surface area contributed by atoms with E-state index in [0.29, 0.717) is 12.6 Å². The fourth-order valence-corrected chi connectivity index (χ4v) is 2.45. The number of rotatable bonds is 5. The SMILES string of the molecule is COCn1c(C)nc(-c2cccc(Oc3ccccc3)n2)c1C. The second-order valence-electron chi connectivity index (χ2n) is 5.22. The van der Waals surface area contributed by atoms with Crippen molar-refractivity contribution in [1.29, 1.82) is 0 Å². The molecule has 1 aromatic carbocycles. The molecule has 0 fully saturated rings. The van der Waals surface area contributed by atoms with E-state index in [0.717, 1.165) is 28.7 Å². The minimum atomic E-state index is 0.477. The lowest BCUT2D eigenvalue weighted by atomic mass is 10.2. The van der Waals surface area contributed by atoms with E-state index in [1.807, 2.05) is 66.9 Å². The first-order valence-corrected chi connectivity index (χ1v) is 7.42. The molecule has 0 unspecified atom stereocenters. The van der Waals surface area contributed by atoms with Crippen molar-refractivity contribution in [2.24, 2.45) is 0 Å². The van der Waals surface area contributed by atoms with Crippen LogP contribution in [0.1, 0.15) is 11.5 Å². The summed E-state index contributed by atoms with van der Waals surface area (Å²) in [6.07, 6.45) is 0. The minimum absolute atomic E-state index is 0.477. The molecule has 3 aromatic rings. The molecule has 0 bridgehead atoms. The quantitative estimate of drug-likeness (QED) is 0.716. The van der Waals surface area contributed by atoms with E-state index < -0.39 is 0 Å². The fourth-order valence-electron chi connectivity index (χ4n) is 2.45. The number of pyridine rings is 1. The van der Waals surface area contributed by atoms with Gasteiger partial charge in [0, 0.05) is 18.9 Å². The number of ether oxygens (including phenoxy) is 2. The molecule has 2 aromatic heterocycles. The maximum absolute atomic E-state index is 5.79. The second-order valence-corrected chi connectivity index (χ2v) is 5.22. The molecule has 0 aliphatic heterocycles. The summed E-state index contributed by atoms with van der Waals surface area (Å²) in [7, 11) is 1.67. The Balaban J connectivity index is 1.92. The van der Waals surface area contributed by atoms with Gasteiger partial charge < -0.3 is 14.0 Å². The van der Waals surface area contributed by atoms with Crippen molar-refractivity contribution in [3.63, 3.8) is 0 Å². The molecular weight excluding hydrogens is 290 g/mol. The van der Waals surface area contributed by atoms with E-state index >= 15 is 0 Å². The van der Waals surface area contributed by atoms with Crippen LogP contribution < -0.4 is 4.74 Å². The zero-order chi connectivity index (χ0) is 16.2. The van der Waals surface area contributed by atoms with Crippen LogP contribution in [0.4, 0.5) is 0 Å². The Kier molecular flexibility index (Phi) is 4.39. The molecule has 0 amide bonds. The number of aromatic nitrogens is 3. The summed E-state index contributed by atoms with van der Waals surface area (Å²) >= 11 is 0. The average Bonchev–Trinajstić information content (AvgIpc) is 2.85. The Morgan fingerprint density at radius 2 is 1.74 bits per heavy atom. The zero-order valence-corrected chi connectivity index (χ0v) is 13.5. The van der Waals surface area contributed by atoms with Gasteiger partial charge in [0.15, 0.2) is 0 Å². The number of benzene rings is 1. The van der Waals surface area contributed by atoms with Gasteiger partial charge in [-0.05, 0) is 32.0 Å². The van der Waals surface area contributed by atoms with Gasteiger partial charge in [-0.2, -0.15) is 0 Å². The van der Waals surface area contributed by atoms with Crippen LogP contribution in [-0.4, -0.2) is 21.6 Å². The molecule has 0 aliphatic carbocycles. The molecule has 0 aliphatic rings. The number of hydrogen-bond acceptors (Lipinski definition) is 4. The molecule has 3 rings (SSSR count).